The van der Waals surface area contributed by atoms with Gasteiger partial charge in [0.1, 0.15) is 5.82 Å². The maximum atomic E-state index is 13.4. The number of halogens is 1. The summed E-state index contributed by atoms with van der Waals surface area (Å²) in [6, 6.07) is 3.55. The number of nitrogens with two attached hydrogens (primary N) is 1. The summed E-state index contributed by atoms with van der Waals surface area (Å²) in [6.45, 7) is 2.87. The summed E-state index contributed by atoms with van der Waals surface area (Å²) in [5, 5.41) is 0. The van der Waals surface area contributed by atoms with Crippen LogP contribution in [0.25, 0.3) is 0 Å². The van der Waals surface area contributed by atoms with E-state index in [0.717, 1.165) is 12.5 Å². The zero-order valence-corrected chi connectivity index (χ0v) is 11.5. The van der Waals surface area contributed by atoms with E-state index in [1.807, 2.05) is 6.92 Å². The van der Waals surface area contributed by atoms with Crippen molar-refractivity contribution >= 4 is 15.7 Å². The molecule has 1 aromatic rings. The molecule has 1 aliphatic heterocycles. The van der Waals surface area contributed by atoms with Crippen molar-refractivity contribution in [1.82, 2.24) is 4.31 Å². The Balaban J connectivity index is 2.28. The van der Waals surface area contributed by atoms with Gasteiger partial charge in [-0.2, -0.15) is 4.31 Å². The second kappa shape index (κ2) is 5.44. The number of rotatable bonds is 3. The van der Waals surface area contributed by atoms with Gasteiger partial charge in [-0.3, -0.25) is 0 Å². The first-order chi connectivity index (χ1) is 8.95. The van der Waals surface area contributed by atoms with Gasteiger partial charge in [0, 0.05) is 13.1 Å². The van der Waals surface area contributed by atoms with Crippen molar-refractivity contribution in [3.05, 3.63) is 24.0 Å². The Bertz CT molecular complexity index is 562. The first kappa shape index (κ1) is 14.2. The summed E-state index contributed by atoms with van der Waals surface area (Å²) in [7, 11) is -3.69. The zero-order chi connectivity index (χ0) is 14.0. The minimum Gasteiger partial charge on any atom is -0.396 e. The number of hydrogen-bond acceptors (Lipinski definition) is 4. The molecule has 0 bridgehead atoms. The van der Waals surface area contributed by atoms with E-state index >= 15 is 0 Å². The standard InChI is InChI=1S/C12H17FN2O3S/c1-2-9-8-15(5-6-18-9)19(16,17)10-3-4-12(14)11(13)7-10/h3-4,7,9H,2,5-6,8,14H2,1H3. The normalized spacial score (nSPS) is 21.5. The van der Waals surface area contributed by atoms with Crippen molar-refractivity contribution in [2.24, 2.45) is 0 Å². The lowest BCUT2D eigenvalue weighted by molar-refractivity contribution is -0.00278. The van der Waals surface area contributed by atoms with Crippen molar-refractivity contribution in [2.45, 2.75) is 24.3 Å². The molecule has 106 valence electrons. The lowest BCUT2D eigenvalue weighted by Gasteiger charge is -2.31. The average Bonchev–Trinajstić information content (AvgIpc) is 2.41. The van der Waals surface area contributed by atoms with Gasteiger partial charge in [-0.1, -0.05) is 6.92 Å². The topological polar surface area (TPSA) is 72.6 Å². The second-order valence-electron chi connectivity index (χ2n) is 4.45. The van der Waals surface area contributed by atoms with E-state index in [9.17, 15) is 12.8 Å². The smallest absolute Gasteiger partial charge is 0.243 e. The van der Waals surface area contributed by atoms with Gasteiger partial charge in [-0.05, 0) is 24.6 Å². The van der Waals surface area contributed by atoms with Crippen LogP contribution in [0.5, 0.6) is 0 Å². The van der Waals surface area contributed by atoms with Crippen LogP contribution < -0.4 is 5.73 Å². The average molecular weight is 288 g/mol. The summed E-state index contributed by atoms with van der Waals surface area (Å²) in [5.74, 6) is -0.721. The molecular formula is C12H17FN2O3S. The Kier molecular flexibility index (Phi) is 4.07. The van der Waals surface area contributed by atoms with Crippen molar-refractivity contribution < 1.29 is 17.5 Å². The third-order valence-corrected chi connectivity index (χ3v) is 5.03. The van der Waals surface area contributed by atoms with E-state index in [2.05, 4.69) is 0 Å². The second-order valence-corrected chi connectivity index (χ2v) is 6.39. The zero-order valence-electron chi connectivity index (χ0n) is 10.7. The van der Waals surface area contributed by atoms with Gasteiger partial charge in [0.25, 0.3) is 0 Å². The van der Waals surface area contributed by atoms with Gasteiger partial charge >= 0.3 is 0 Å². The van der Waals surface area contributed by atoms with E-state index in [1.54, 1.807) is 0 Å². The Morgan fingerprint density at radius 1 is 1.53 bits per heavy atom. The predicted octanol–water partition coefficient (Wildman–Crippen LogP) is 1.21. The van der Waals surface area contributed by atoms with Crippen LogP contribution in [0.4, 0.5) is 10.1 Å². The Labute approximate surface area is 112 Å². The largest absolute Gasteiger partial charge is 0.396 e. The maximum absolute atomic E-state index is 13.4. The molecule has 19 heavy (non-hydrogen) atoms. The molecule has 1 unspecified atom stereocenters. The lowest BCUT2D eigenvalue weighted by Crippen LogP contribution is -2.45. The van der Waals surface area contributed by atoms with Crippen molar-refractivity contribution in [2.75, 3.05) is 25.4 Å². The minimum absolute atomic E-state index is 0.0626. The number of nitrogens with zero attached hydrogens (tertiary/aromatic N) is 1. The number of sulfonamides is 1. The third kappa shape index (κ3) is 2.88. The highest BCUT2D eigenvalue weighted by Crippen LogP contribution is 2.22. The minimum atomic E-state index is -3.69. The molecule has 2 rings (SSSR count). The highest BCUT2D eigenvalue weighted by atomic mass is 32.2. The number of nitrogen functional groups attached to an aromatic ring is 1. The van der Waals surface area contributed by atoms with E-state index in [-0.39, 0.29) is 23.2 Å². The fourth-order valence-corrected chi connectivity index (χ4v) is 3.44. The van der Waals surface area contributed by atoms with E-state index < -0.39 is 15.8 Å². The summed E-state index contributed by atoms with van der Waals surface area (Å²) in [4.78, 5) is -0.0732. The molecule has 1 fully saturated rings. The fraction of sp³-hybridized carbons (Fsp3) is 0.500. The number of ether oxygens (including phenoxy) is 1. The molecule has 1 aromatic carbocycles. The van der Waals surface area contributed by atoms with Crippen molar-refractivity contribution in [3.8, 4) is 0 Å². The van der Waals surface area contributed by atoms with E-state index in [4.69, 9.17) is 10.5 Å². The van der Waals surface area contributed by atoms with Gasteiger partial charge in [0.05, 0.1) is 23.3 Å². The molecule has 7 heteroatoms. The van der Waals surface area contributed by atoms with E-state index in [0.29, 0.717) is 13.2 Å². The highest BCUT2D eigenvalue weighted by Gasteiger charge is 2.30. The van der Waals surface area contributed by atoms with Crippen LogP contribution in [-0.2, 0) is 14.8 Å². The molecule has 2 N–H and O–H groups in total. The van der Waals surface area contributed by atoms with E-state index in [1.165, 1.54) is 16.4 Å². The molecule has 0 radical (unpaired) electrons. The lowest BCUT2D eigenvalue weighted by atomic mass is 10.2. The van der Waals surface area contributed by atoms with Crippen LogP contribution in [0.2, 0.25) is 0 Å². The van der Waals surface area contributed by atoms with Gasteiger partial charge in [0.2, 0.25) is 10.0 Å². The van der Waals surface area contributed by atoms with Crippen LogP contribution in [0.3, 0.4) is 0 Å². The quantitative estimate of drug-likeness (QED) is 0.848. The van der Waals surface area contributed by atoms with Gasteiger partial charge in [0.15, 0.2) is 0 Å². The SMILES string of the molecule is CCC1CN(S(=O)(=O)c2ccc(N)c(F)c2)CCO1. The maximum Gasteiger partial charge on any atom is 0.243 e. The number of morpholine rings is 1. The molecule has 0 saturated carbocycles. The van der Waals surface area contributed by atoms with Gasteiger partial charge < -0.3 is 10.5 Å². The predicted molar refractivity (Wildman–Crippen MR) is 69.6 cm³/mol. The Hall–Kier alpha value is -1.18. The van der Waals surface area contributed by atoms with Crippen LogP contribution in [0, 0.1) is 5.82 Å². The molecule has 0 aliphatic carbocycles. The summed E-state index contributed by atoms with van der Waals surface area (Å²) < 4.78 is 44.9. The monoisotopic (exact) mass is 288 g/mol. The molecule has 0 spiro atoms. The van der Waals surface area contributed by atoms with Gasteiger partial charge in [-0.15, -0.1) is 0 Å². The van der Waals surface area contributed by atoms with Crippen LogP contribution in [-0.4, -0.2) is 38.5 Å². The number of benzene rings is 1. The van der Waals surface area contributed by atoms with Gasteiger partial charge in [-0.25, -0.2) is 12.8 Å². The number of anilines is 1. The molecule has 5 nitrogen and oxygen atoms in total. The Morgan fingerprint density at radius 2 is 2.26 bits per heavy atom. The first-order valence-electron chi connectivity index (χ1n) is 6.12. The van der Waals surface area contributed by atoms with Crippen LogP contribution in [0.15, 0.2) is 23.1 Å². The molecule has 1 heterocycles. The molecule has 0 amide bonds. The van der Waals surface area contributed by atoms with Crippen molar-refractivity contribution in [3.63, 3.8) is 0 Å². The summed E-state index contributed by atoms with van der Waals surface area (Å²) in [6.07, 6.45) is 0.629. The molecular weight excluding hydrogens is 271 g/mol. The summed E-state index contributed by atoms with van der Waals surface area (Å²) in [5.41, 5.74) is 5.29. The molecule has 0 aromatic heterocycles. The molecule has 1 saturated heterocycles. The highest BCUT2D eigenvalue weighted by molar-refractivity contribution is 7.89. The molecule has 1 atom stereocenters. The molecule has 1 aliphatic rings. The number of hydrogen-bond donors (Lipinski definition) is 1. The fourth-order valence-electron chi connectivity index (χ4n) is 1.97. The van der Waals surface area contributed by atoms with Crippen LogP contribution >= 0.6 is 0 Å². The van der Waals surface area contributed by atoms with Crippen LogP contribution in [0.1, 0.15) is 13.3 Å². The Morgan fingerprint density at radius 3 is 2.89 bits per heavy atom. The third-order valence-electron chi connectivity index (χ3n) is 3.17. The summed E-state index contributed by atoms with van der Waals surface area (Å²) >= 11 is 0. The van der Waals surface area contributed by atoms with Crippen molar-refractivity contribution in [1.29, 1.82) is 0 Å². The first-order valence-corrected chi connectivity index (χ1v) is 7.56.